The summed E-state index contributed by atoms with van der Waals surface area (Å²) in [6, 6.07) is 7.81. The largest absolute Gasteiger partial charge is 0.456 e. The van der Waals surface area contributed by atoms with Crippen molar-refractivity contribution >= 4 is 29.3 Å². The molecule has 2 heterocycles. The molecule has 0 N–H and O–H groups in total. The Morgan fingerprint density at radius 2 is 1.89 bits per heavy atom. The van der Waals surface area contributed by atoms with Crippen molar-refractivity contribution in [1.29, 1.82) is 0 Å². The van der Waals surface area contributed by atoms with Gasteiger partial charge in [-0.3, -0.25) is 9.59 Å². The maximum Gasteiger partial charge on any atom is 0.306 e. The molecule has 0 aliphatic carbocycles. The van der Waals surface area contributed by atoms with E-state index in [0.717, 1.165) is 39.8 Å². The average molecular weight is 385 g/mol. The minimum atomic E-state index is -0.386. The predicted octanol–water partition coefficient (Wildman–Crippen LogP) is 2.88. The van der Waals surface area contributed by atoms with Crippen LogP contribution in [0.4, 0.5) is 5.69 Å². The first-order chi connectivity index (χ1) is 13.0. The lowest BCUT2D eigenvalue weighted by atomic mass is 10.1. The molecule has 1 aliphatic rings. The first-order valence-electron chi connectivity index (χ1n) is 8.91. The molecule has 1 aromatic carbocycles. The minimum Gasteiger partial charge on any atom is -0.456 e. The number of hydrogen-bond donors (Lipinski definition) is 0. The second kappa shape index (κ2) is 8.52. The van der Waals surface area contributed by atoms with Gasteiger partial charge in [-0.25, -0.2) is 9.97 Å². The highest BCUT2D eigenvalue weighted by atomic mass is 32.2. The van der Waals surface area contributed by atoms with Crippen molar-refractivity contribution in [3.05, 3.63) is 46.8 Å². The normalized spacial score (nSPS) is 12.8. The number of aryl methyl sites for hydroxylation is 2. The topological polar surface area (TPSA) is 72.4 Å². The lowest BCUT2D eigenvalue weighted by molar-refractivity contribution is -0.147. The molecule has 0 atom stereocenters. The summed E-state index contributed by atoms with van der Waals surface area (Å²) in [4.78, 5) is 35.0. The van der Waals surface area contributed by atoms with E-state index in [9.17, 15) is 9.59 Å². The predicted molar refractivity (Wildman–Crippen MR) is 105 cm³/mol. The van der Waals surface area contributed by atoms with Crippen LogP contribution in [-0.2, 0) is 27.2 Å². The second-order valence-electron chi connectivity index (χ2n) is 6.44. The van der Waals surface area contributed by atoms with Gasteiger partial charge >= 0.3 is 5.97 Å². The Kier molecular flexibility index (Phi) is 6.11. The number of esters is 1. The molecule has 2 aromatic rings. The summed E-state index contributed by atoms with van der Waals surface area (Å²) in [7, 11) is 0. The molecule has 0 radical (unpaired) electrons. The number of carbonyl (C=O) groups is 2. The molecule has 142 valence electrons. The number of amides is 1. The van der Waals surface area contributed by atoms with E-state index in [0.29, 0.717) is 13.0 Å². The van der Waals surface area contributed by atoms with Crippen molar-refractivity contribution in [3.8, 4) is 0 Å². The summed E-state index contributed by atoms with van der Waals surface area (Å²) in [5.41, 5.74) is 4.78. The van der Waals surface area contributed by atoms with E-state index in [2.05, 4.69) is 9.97 Å². The van der Waals surface area contributed by atoms with E-state index < -0.39 is 0 Å². The van der Waals surface area contributed by atoms with Crippen LogP contribution in [0.3, 0.4) is 0 Å². The molecular formula is C20H23N3O3S. The third-order valence-corrected chi connectivity index (χ3v) is 5.25. The van der Waals surface area contributed by atoms with Crippen molar-refractivity contribution in [2.24, 2.45) is 0 Å². The maximum absolute atomic E-state index is 12.4. The molecule has 0 unspecified atom stereocenters. The van der Waals surface area contributed by atoms with Gasteiger partial charge in [0.25, 0.3) is 5.91 Å². The summed E-state index contributed by atoms with van der Waals surface area (Å²) in [5.74, 6) is -0.572. The maximum atomic E-state index is 12.4. The van der Waals surface area contributed by atoms with Gasteiger partial charge in [0.15, 0.2) is 11.8 Å². The first kappa shape index (κ1) is 19.4. The summed E-state index contributed by atoms with van der Waals surface area (Å²) in [5, 5.41) is 0.729. The zero-order valence-corrected chi connectivity index (χ0v) is 16.6. The standard InChI is InChI=1S/C20H23N3O3S/c1-13-16(14(2)22-20(21-13)27-3)8-9-19(25)26-12-18(24)23-11-10-15-6-4-5-7-17(15)23/h4-7H,8-12H2,1-3H3. The molecule has 0 saturated heterocycles. The van der Waals surface area contributed by atoms with Gasteiger partial charge in [0, 0.05) is 30.0 Å². The van der Waals surface area contributed by atoms with Crippen LogP contribution in [0.25, 0.3) is 0 Å². The van der Waals surface area contributed by atoms with Crippen LogP contribution >= 0.6 is 11.8 Å². The fourth-order valence-electron chi connectivity index (χ4n) is 3.28. The Morgan fingerprint density at radius 1 is 1.19 bits per heavy atom. The molecule has 0 bridgehead atoms. The monoisotopic (exact) mass is 385 g/mol. The van der Waals surface area contributed by atoms with Gasteiger partial charge in [-0.15, -0.1) is 0 Å². The number of aromatic nitrogens is 2. The van der Waals surface area contributed by atoms with E-state index >= 15 is 0 Å². The van der Waals surface area contributed by atoms with Crippen molar-refractivity contribution in [3.63, 3.8) is 0 Å². The van der Waals surface area contributed by atoms with E-state index in [4.69, 9.17) is 4.74 Å². The molecule has 1 aromatic heterocycles. The average Bonchev–Trinajstić information content (AvgIpc) is 3.09. The number of nitrogens with zero attached hydrogens (tertiary/aromatic N) is 3. The van der Waals surface area contributed by atoms with Gasteiger partial charge in [0.1, 0.15) is 0 Å². The van der Waals surface area contributed by atoms with Crippen LogP contribution in [0.1, 0.15) is 28.9 Å². The lowest BCUT2D eigenvalue weighted by Crippen LogP contribution is -2.33. The third kappa shape index (κ3) is 4.47. The highest BCUT2D eigenvalue weighted by Crippen LogP contribution is 2.27. The van der Waals surface area contributed by atoms with E-state index in [1.807, 2.05) is 44.4 Å². The molecular weight excluding hydrogens is 362 g/mol. The van der Waals surface area contributed by atoms with Crippen LogP contribution < -0.4 is 4.90 Å². The van der Waals surface area contributed by atoms with Gasteiger partial charge in [-0.2, -0.15) is 0 Å². The summed E-state index contributed by atoms with van der Waals surface area (Å²) in [6.07, 6.45) is 3.47. The van der Waals surface area contributed by atoms with Crippen molar-refractivity contribution < 1.29 is 14.3 Å². The highest BCUT2D eigenvalue weighted by Gasteiger charge is 2.24. The van der Waals surface area contributed by atoms with Gasteiger partial charge in [0.05, 0.1) is 0 Å². The fourth-order valence-corrected chi connectivity index (χ4v) is 3.73. The van der Waals surface area contributed by atoms with Gasteiger partial charge in [0.2, 0.25) is 0 Å². The lowest BCUT2D eigenvalue weighted by Gasteiger charge is -2.17. The van der Waals surface area contributed by atoms with Gasteiger partial charge in [-0.1, -0.05) is 30.0 Å². The quantitative estimate of drug-likeness (QED) is 0.433. The molecule has 3 rings (SSSR count). The van der Waals surface area contributed by atoms with Crippen LogP contribution in [0.15, 0.2) is 29.4 Å². The van der Waals surface area contributed by atoms with Gasteiger partial charge < -0.3 is 9.64 Å². The van der Waals surface area contributed by atoms with Crippen molar-refractivity contribution in [2.75, 3.05) is 24.3 Å². The molecule has 6 nitrogen and oxygen atoms in total. The van der Waals surface area contributed by atoms with Crippen LogP contribution in [0.2, 0.25) is 0 Å². The number of benzene rings is 1. The zero-order valence-electron chi connectivity index (χ0n) is 15.8. The number of anilines is 1. The fraction of sp³-hybridized carbons (Fsp3) is 0.400. The molecule has 0 fully saturated rings. The number of fused-ring (bicyclic) bond motifs is 1. The SMILES string of the molecule is CSc1nc(C)c(CCC(=O)OCC(=O)N2CCc3ccccc32)c(C)n1. The number of rotatable bonds is 6. The summed E-state index contributed by atoms with van der Waals surface area (Å²) < 4.78 is 5.20. The number of carbonyl (C=O) groups excluding carboxylic acids is 2. The number of hydrogen-bond acceptors (Lipinski definition) is 6. The Hall–Kier alpha value is -2.41. The highest BCUT2D eigenvalue weighted by molar-refractivity contribution is 7.98. The number of para-hydroxylation sites is 1. The summed E-state index contributed by atoms with van der Waals surface area (Å²) in [6.45, 7) is 4.24. The zero-order chi connectivity index (χ0) is 19.4. The Labute approximate surface area is 163 Å². The molecule has 1 amide bonds. The molecule has 1 aliphatic heterocycles. The Morgan fingerprint density at radius 3 is 2.59 bits per heavy atom. The molecule has 27 heavy (non-hydrogen) atoms. The first-order valence-corrected chi connectivity index (χ1v) is 10.1. The van der Waals surface area contributed by atoms with Gasteiger partial charge in [-0.05, 0) is 50.1 Å². The Balaban J connectivity index is 1.51. The van der Waals surface area contributed by atoms with Crippen molar-refractivity contribution in [1.82, 2.24) is 9.97 Å². The molecule has 0 spiro atoms. The molecule has 0 saturated carbocycles. The molecule has 7 heteroatoms. The van der Waals surface area contributed by atoms with E-state index in [1.165, 1.54) is 11.8 Å². The number of thioether (sulfide) groups is 1. The van der Waals surface area contributed by atoms with Crippen LogP contribution in [0.5, 0.6) is 0 Å². The van der Waals surface area contributed by atoms with Crippen molar-refractivity contribution in [2.45, 2.75) is 38.3 Å². The van der Waals surface area contributed by atoms with E-state index in [1.54, 1.807) is 4.90 Å². The summed E-state index contributed by atoms with van der Waals surface area (Å²) >= 11 is 1.49. The smallest absolute Gasteiger partial charge is 0.306 e. The second-order valence-corrected chi connectivity index (χ2v) is 7.22. The third-order valence-electron chi connectivity index (χ3n) is 4.71. The number of ether oxygens (including phenoxy) is 1. The van der Waals surface area contributed by atoms with Crippen LogP contribution in [-0.4, -0.2) is 41.3 Å². The van der Waals surface area contributed by atoms with E-state index in [-0.39, 0.29) is 24.9 Å². The minimum absolute atomic E-state index is 0.187. The Bertz CT molecular complexity index is 846. The van der Waals surface area contributed by atoms with Crippen LogP contribution in [0, 0.1) is 13.8 Å².